The molecule has 0 heterocycles. The highest BCUT2D eigenvalue weighted by Crippen LogP contribution is 2.59. The second-order valence-electron chi connectivity index (χ2n) is 2.38. The first-order valence-electron chi connectivity index (χ1n) is 2.73. The number of hydrogen-bond acceptors (Lipinski definition) is 1. The van der Waals surface area contributed by atoms with Crippen molar-refractivity contribution in [2.45, 2.75) is 26.4 Å². The van der Waals surface area contributed by atoms with Gasteiger partial charge in [0.2, 0.25) is 0 Å². The molecule has 0 radical (unpaired) electrons. The topological polar surface area (TPSA) is 20.2 Å². The molecule has 0 rings (SSSR count). The molecule has 0 atom stereocenters. The van der Waals surface area contributed by atoms with E-state index in [1.54, 1.807) is 13.8 Å². The summed E-state index contributed by atoms with van der Waals surface area (Å²) in [6, 6.07) is 0. The zero-order chi connectivity index (χ0) is 9.65. The summed E-state index contributed by atoms with van der Waals surface area (Å²) in [6.45, 7) is 5.29. The van der Waals surface area contributed by atoms with Crippen molar-refractivity contribution in [3.63, 3.8) is 0 Å². The summed E-state index contributed by atoms with van der Waals surface area (Å²) < 4.78 is -0.183. The first-order valence-corrected chi connectivity index (χ1v) is 10.6. The normalized spacial score (nSPS) is 10.5. The predicted octanol–water partition coefficient (Wildman–Crippen LogP) is 4.49. The summed E-state index contributed by atoms with van der Waals surface area (Å²) in [6.07, 6.45) is 0. The summed E-state index contributed by atoms with van der Waals surface area (Å²) in [5.74, 6) is 0. The Hall–Kier alpha value is 2.00. The van der Waals surface area contributed by atoms with Crippen LogP contribution in [0.25, 0.3) is 0 Å². The number of rotatable bonds is 1. The summed E-state index contributed by atoms with van der Waals surface area (Å²) in [7, 11) is 3.21. The maximum absolute atomic E-state index is 9.01. The van der Waals surface area contributed by atoms with Gasteiger partial charge >= 0.3 is 0 Å². The minimum Gasteiger partial charge on any atom is -0.386 e. The number of aliphatic hydroxyl groups is 1. The van der Waals surface area contributed by atoms with Crippen molar-refractivity contribution in [1.29, 1.82) is 0 Å². The first-order chi connectivity index (χ1) is 4.68. The molecular formula is C5H11Br3OP2. The summed E-state index contributed by atoms with van der Waals surface area (Å²) in [4.78, 5) is 0. The van der Waals surface area contributed by atoms with Gasteiger partial charge in [-0.2, -0.15) is 0 Å². The molecule has 0 aliphatic heterocycles. The largest absolute Gasteiger partial charge is 0.386 e. The summed E-state index contributed by atoms with van der Waals surface area (Å²) in [5, 5.41) is 9.86. The standard InChI is InChI=1S/C5H11OP.Br3P/c1-4(7)5(2,3)6;1-4(2)3/h6-7H,1-3H3;. The third-order valence-corrected chi connectivity index (χ3v) is 1.53. The Morgan fingerprint density at radius 3 is 1.45 bits per heavy atom. The molecule has 0 aromatic carbocycles. The van der Waals surface area contributed by atoms with Gasteiger partial charge in [0.25, 0.3) is 0 Å². The van der Waals surface area contributed by atoms with Crippen molar-refractivity contribution in [2.75, 3.05) is 0 Å². The molecule has 0 fully saturated rings. The lowest BCUT2D eigenvalue weighted by atomic mass is 10.1. The number of hydrogen-bond donors (Lipinski definition) is 1. The molecule has 0 spiro atoms. The van der Waals surface area contributed by atoms with E-state index in [9.17, 15) is 0 Å². The molecule has 6 heteroatoms. The Morgan fingerprint density at radius 1 is 1.36 bits per heavy atom. The van der Waals surface area contributed by atoms with Gasteiger partial charge in [-0.1, -0.05) is 0 Å². The van der Waals surface area contributed by atoms with Crippen molar-refractivity contribution in [2.24, 2.45) is 0 Å². The zero-order valence-electron chi connectivity index (χ0n) is 6.53. The third kappa shape index (κ3) is 18.8. The van der Waals surface area contributed by atoms with E-state index in [1.807, 2.05) is 6.92 Å². The molecule has 0 bridgehead atoms. The molecule has 1 nitrogen and oxygen atoms in total. The van der Waals surface area contributed by atoms with Gasteiger partial charge in [-0.05, 0) is 72.5 Å². The van der Waals surface area contributed by atoms with Gasteiger partial charge in [-0.25, -0.2) is 0 Å². The monoisotopic (exact) mass is 386 g/mol. The molecular weight excluding hydrogens is 378 g/mol. The van der Waals surface area contributed by atoms with Gasteiger partial charge in [-0.15, -0.1) is 8.86 Å². The SMILES string of the molecule is BrP(Br)Br.CC(=P)C(C)(C)O. The Morgan fingerprint density at radius 2 is 1.45 bits per heavy atom. The molecule has 11 heavy (non-hydrogen) atoms. The second kappa shape index (κ2) is 7.41. The Bertz CT molecular complexity index is 119. The van der Waals surface area contributed by atoms with E-state index in [1.165, 1.54) is 0 Å². The highest BCUT2D eigenvalue weighted by atomic mass is 80.0. The average Bonchev–Trinajstić information content (AvgIpc) is 1.59. The van der Waals surface area contributed by atoms with Crippen LogP contribution in [-0.4, -0.2) is 16.0 Å². The van der Waals surface area contributed by atoms with E-state index in [4.69, 9.17) is 5.11 Å². The number of halogens is 3. The molecule has 0 unspecified atom stereocenters. The van der Waals surface area contributed by atoms with Crippen LogP contribution in [0.2, 0.25) is 0 Å². The lowest BCUT2D eigenvalue weighted by Crippen LogP contribution is -2.26. The Labute approximate surface area is 95.5 Å². The minimum absolute atomic E-state index is 0.183. The molecule has 0 saturated carbocycles. The molecule has 68 valence electrons. The van der Waals surface area contributed by atoms with Crippen LogP contribution in [0, 0.1) is 0 Å². The van der Waals surface area contributed by atoms with Crippen LogP contribution in [0.5, 0.6) is 0 Å². The zero-order valence-corrected chi connectivity index (χ0v) is 13.2. The van der Waals surface area contributed by atoms with Gasteiger partial charge in [0.05, 0.1) is 5.60 Å². The summed E-state index contributed by atoms with van der Waals surface area (Å²) in [5.41, 5.74) is -0.670. The Balaban J connectivity index is 0. The van der Waals surface area contributed by atoms with Crippen LogP contribution in [0.4, 0.5) is 0 Å². The molecule has 0 aliphatic carbocycles. The fourth-order valence-corrected chi connectivity index (χ4v) is 0. The molecule has 0 aromatic rings. The van der Waals surface area contributed by atoms with E-state index >= 15 is 0 Å². The van der Waals surface area contributed by atoms with Gasteiger partial charge in [-0.3, -0.25) is 0 Å². The third-order valence-electron chi connectivity index (χ3n) is 0.918. The van der Waals surface area contributed by atoms with Crippen molar-refractivity contribution in [1.82, 2.24) is 0 Å². The van der Waals surface area contributed by atoms with Crippen molar-refractivity contribution >= 4 is 64.7 Å². The van der Waals surface area contributed by atoms with E-state index in [0.717, 1.165) is 5.29 Å². The van der Waals surface area contributed by atoms with Gasteiger partial charge in [0.15, 0.2) is 0 Å². The highest BCUT2D eigenvalue weighted by Gasteiger charge is 2.11. The smallest absolute Gasteiger partial charge is 0.103 e. The van der Waals surface area contributed by atoms with E-state index < -0.39 is 5.60 Å². The van der Waals surface area contributed by atoms with E-state index in [0.29, 0.717) is 0 Å². The molecule has 0 aliphatic rings. The molecule has 0 aromatic heterocycles. The Kier molecular flexibility index (Phi) is 10.4. The van der Waals surface area contributed by atoms with Crippen molar-refractivity contribution < 1.29 is 5.11 Å². The first kappa shape index (κ1) is 15.5. The molecule has 1 N–H and O–H groups in total. The van der Waals surface area contributed by atoms with Gasteiger partial charge < -0.3 is 5.11 Å². The maximum atomic E-state index is 9.01. The van der Waals surface area contributed by atoms with Crippen molar-refractivity contribution in [3.8, 4) is 0 Å². The van der Waals surface area contributed by atoms with Crippen LogP contribution in [0.3, 0.4) is 0 Å². The maximum Gasteiger partial charge on any atom is 0.103 e. The molecule has 0 saturated heterocycles. The highest BCUT2D eigenvalue weighted by molar-refractivity contribution is 9.93. The van der Waals surface area contributed by atoms with Gasteiger partial charge in [0, 0.05) is 0 Å². The van der Waals surface area contributed by atoms with E-state index in [2.05, 4.69) is 55.3 Å². The lowest BCUT2D eigenvalue weighted by molar-refractivity contribution is 0.156. The molecule has 0 amide bonds. The van der Waals surface area contributed by atoms with Crippen LogP contribution < -0.4 is 0 Å². The minimum atomic E-state index is -0.670. The summed E-state index contributed by atoms with van der Waals surface area (Å²) >= 11 is 9.51. The quantitative estimate of drug-likeness (QED) is 0.656. The van der Waals surface area contributed by atoms with Gasteiger partial charge in [0.1, 0.15) is 4.03 Å². The fraction of sp³-hybridized carbons (Fsp3) is 0.800. The van der Waals surface area contributed by atoms with Crippen LogP contribution in [0.1, 0.15) is 20.8 Å². The fourth-order valence-electron chi connectivity index (χ4n) is 0. The predicted molar refractivity (Wildman–Crippen MR) is 69.0 cm³/mol. The van der Waals surface area contributed by atoms with Crippen LogP contribution in [0.15, 0.2) is 0 Å². The van der Waals surface area contributed by atoms with Crippen LogP contribution >= 0.6 is 59.4 Å². The average molecular weight is 389 g/mol. The van der Waals surface area contributed by atoms with E-state index in [-0.39, 0.29) is 4.03 Å². The van der Waals surface area contributed by atoms with Crippen LogP contribution in [-0.2, 0) is 0 Å². The van der Waals surface area contributed by atoms with Crippen molar-refractivity contribution in [3.05, 3.63) is 0 Å². The second-order valence-corrected chi connectivity index (χ2v) is 18.5. The lowest BCUT2D eigenvalue weighted by Gasteiger charge is -2.14.